The first-order valence-corrected chi connectivity index (χ1v) is 6.83. The van der Waals surface area contributed by atoms with Crippen LogP contribution in [0, 0.1) is 6.92 Å². The first-order chi connectivity index (χ1) is 7.72. The lowest BCUT2D eigenvalue weighted by atomic mass is 10.2. The average Bonchev–Trinajstić information content (AvgIpc) is 2.56. The van der Waals surface area contributed by atoms with E-state index in [-0.39, 0.29) is 0 Å². The van der Waals surface area contributed by atoms with Crippen LogP contribution < -0.4 is 5.73 Å². The molecule has 0 aliphatic rings. The topological polar surface area (TPSA) is 43.8 Å². The summed E-state index contributed by atoms with van der Waals surface area (Å²) in [4.78, 5) is 4.37. The summed E-state index contributed by atoms with van der Waals surface area (Å²) in [5, 5.41) is 0. The minimum absolute atomic E-state index is 0.627. The van der Waals surface area contributed by atoms with Crippen LogP contribution in [0.2, 0.25) is 0 Å². The van der Waals surface area contributed by atoms with Gasteiger partial charge >= 0.3 is 0 Å². The molecule has 2 rings (SSSR count). The Kier molecular flexibility index (Phi) is 3.39. The molecule has 0 saturated heterocycles. The number of rotatable bonds is 4. The van der Waals surface area contributed by atoms with Crippen molar-refractivity contribution in [1.29, 1.82) is 0 Å². The summed E-state index contributed by atoms with van der Waals surface area (Å²) in [6.07, 6.45) is 3.25. The van der Waals surface area contributed by atoms with E-state index in [2.05, 4.69) is 34.9 Å². The van der Waals surface area contributed by atoms with Crippen LogP contribution in [0.25, 0.3) is 11.0 Å². The maximum absolute atomic E-state index is 5.93. The quantitative estimate of drug-likeness (QED) is 0.829. The van der Waals surface area contributed by atoms with E-state index in [1.165, 1.54) is 5.56 Å². The lowest BCUT2D eigenvalue weighted by Gasteiger charge is -2.05. The number of anilines is 1. The normalized spacial score (nSPS) is 11.1. The third kappa shape index (κ3) is 2.16. The van der Waals surface area contributed by atoms with Gasteiger partial charge in [-0.25, -0.2) is 4.98 Å². The van der Waals surface area contributed by atoms with E-state index in [1.807, 2.05) is 17.8 Å². The standard InChI is InChI=1S/C12H17N3S/c1-9-4-5-10-11(8-9)15(12(13)14-10)6-3-7-16-2/h4-5,8H,3,6-7H2,1-2H3,(H2,13,14). The van der Waals surface area contributed by atoms with Crippen LogP contribution >= 0.6 is 11.8 Å². The molecule has 0 spiro atoms. The van der Waals surface area contributed by atoms with Gasteiger partial charge in [-0.1, -0.05) is 6.07 Å². The van der Waals surface area contributed by atoms with Crippen LogP contribution in [0.3, 0.4) is 0 Å². The SMILES string of the molecule is CSCCCn1c(N)nc2ccc(C)cc21. The third-order valence-electron chi connectivity index (χ3n) is 2.66. The van der Waals surface area contributed by atoms with Crippen molar-refractivity contribution in [2.24, 2.45) is 0 Å². The van der Waals surface area contributed by atoms with Gasteiger partial charge in [0, 0.05) is 6.54 Å². The number of nitrogen functional groups attached to an aromatic ring is 1. The zero-order valence-electron chi connectivity index (χ0n) is 9.73. The molecule has 4 heteroatoms. The predicted molar refractivity (Wildman–Crippen MR) is 71.9 cm³/mol. The molecule has 0 saturated carbocycles. The van der Waals surface area contributed by atoms with Crippen LogP contribution in [0.4, 0.5) is 5.95 Å². The second kappa shape index (κ2) is 4.78. The zero-order chi connectivity index (χ0) is 11.5. The molecule has 0 atom stereocenters. The number of thioether (sulfide) groups is 1. The Bertz CT molecular complexity index is 490. The van der Waals surface area contributed by atoms with E-state index >= 15 is 0 Å². The van der Waals surface area contributed by atoms with Gasteiger partial charge in [-0.05, 0) is 43.0 Å². The van der Waals surface area contributed by atoms with Crippen LogP contribution in [-0.4, -0.2) is 21.6 Å². The summed E-state index contributed by atoms with van der Waals surface area (Å²) in [5.74, 6) is 1.78. The number of aromatic nitrogens is 2. The fourth-order valence-corrected chi connectivity index (χ4v) is 2.27. The van der Waals surface area contributed by atoms with Gasteiger partial charge in [-0.3, -0.25) is 0 Å². The van der Waals surface area contributed by atoms with E-state index in [9.17, 15) is 0 Å². The Morgan fingerprint density at radius 1 is 1.44 bits per heavy atom. The average molecular weight is 235 g/mol. The van der Waals surface area contributed by atoms with Gasteiger partial charge in [0.05, 0.1) is 11.0 Å². The highest BCUT2D eigenvalue weighted by Gasteiger charge is 2.07. The molecule has 1 heterocycles. The number of nitrogens with zero attached hydrogens (tertiary/aromatic N) is 2. The maximum atomic E-state index is 5.93. The Hall–Kier alpha value is -1.16. The van der Waals surface area contributed by atoms with Gasteiger partial charge in [0.1, 0.15) is 0 Å². The Balaban J connectivity index is 2.34. The Labute approximate surface area is 100 Å². The van der Waals surface area contributed by atoms with Gasteiger partial charge in [0.25, 0.3) is 0 Å². The smallest absolute Gasteiger partial charge is 0.201 e. The molecule has 0 unspecified atom stereocenters. The van der Waals surface area contributed by atoms with Gasteiger partial charge < -0.3 is 10.3 Å². The van der Waals surface area contributed by atoms with Crippen molar-refractivity contribution < 1.29 is 0 Å². The molecule has 16 heavy (non-hydrogen) atoms. The number of hydrogen-bond acceptors (Lipinski definition) is 3. The fourth-order valence-electron chi connectivity index (χ4n) is 1.85. The van der Waals surface area contributed by atoms with E-state index in [1.54, 1.807) is 0 Å². The van der Waals surface area contributed by atoms with Gasteiger partial charge in [-0.2, -0.15) is 11.8 Å². The lowest BCUT2D eigenvalue weighted by molar-refractivity contribution is 0.712. The van der Waals surface area contributed by atoms with E-state index in [0.29, 0.717) is 5.95 Å². The zero-order valence-corrected chi connectivity index (χ0v) is 10.5. The summed E-state index contributed by atoms with van der Waals surface area (Å²) in [6, 6.07) is 6.25. The molecule has 0 amide bonds. The van der Waals surface area contributed by atoms with Crippen LogP contribution in [0.1, 0.15) is 12.0 Å². The molecular weight excluding hydrogens is 218 g/mol. The molecular formula is C12H17N3S. The molecule has 1 aromatic carbocycles. The highest BCUT2D eigenvalue weighted by atomic mass is 32.2. The van der Waals surface area contributed by atoms with Crippen LogP contribution in [-0.2, 0) is 6.54 Å². The fraction of sp³-hybridized carbons (Fsp3) is 0.417. The minimum atomic E-state index is 0.627. The first kappa shape index (κ1) is 11.3. The molecule has 0 radical (unpaired) electrons. The first-order valence-electron chi connectivity index (χ1n) is 5.43. The lowest BCUT2D eigenvalue weighted by Crippen LogP contribution is -2.04. The molecule has 3 nitrogen and oxygen atoms in total. The van der Waals surface area contributed by atoms with Gasteiger partial charge in [0.15, 0.2) is 0 Å². The highest BCUT2D eigenvalue weighted by molar-refractivity contribution is 7.98. The highest BCUT2D eigenvalue weighted by Crippen LogP contribution is 2.19. The van der Waals surface area contributed by atoms with E-state index in [4.69, 9.17) is 5.73 Å². The number of nitrogens with two attached hydrogens (primary N) is 1. The molecule has 1 aromatic heterocycles. The number of hydrogen-bond donors (Lipinski definition) is 1. The van der Waals surface area contributed by atoms with Crippen molar-refractivity contribution in [1.82, 2.24) is 9.55 Å². The number of aryl methyl sites for hydroxylation is 2. The largest absolute Gasteiger partial charge is 0.369 e. The summed E-state index contributed by atoms with van der Waals surface area (Å²) in [5.41, 5.74) is 9.32. The molecule has 0 bridgehead atoms. The van der Waals surface area contributed by atoms with Crippen LogP contribution in [0.15, 0.2) is 18.2 Å². The molecule has 0 aliphatic heterocycles. The predicted octanol–water partition coefficient (Wildman–Crippen LogP) is 2.68. The second-order valence-electron chi connectivity index (χ2n) is 3.96. The van der Waals surface area contributed by atoms with Crippen molar-refractivity contribution in [3.8, 4) is 0 Å². The summed E-state index contributed by atoms with van der Waals surface area (Å²) >= 11 is 1.86. The van der Waals surface area contributed by atoms with Crippen LogP contribution in [0.5, 0.6) is 0 Å². The number of imidazole rings is 1. The molecule has 2 N–H and O–H groups in total. The van der Waals surface area contributed by atoms with E-state index < -0.39 is 0 Å². The second-order valence-corrected chi connectivity index (χ2v) is 4.95. The van der Waals surface area contributed by atoms with Crippen molar-refractivity contribution in [3.05, 3.63) is 23.8 Å². The van der Waals surface area contributed by atoms with Crippen molar-refractivity contribution in [3.63, 3.8) is 0 Å². The monoisotopic (exact) mass is 235 g/mol. The summed E-state index contributed by atoms with van der Waals surface area (Å²) in [6.45, 7) is 3.04. The molecule has 0 fully saturated rings. The van der Waals surface area contributed by atoms with Crippen molar-refractivity contribution >= 4 is 28.7 Å². The van der Waals surface area contributed by atoms with Crippen molar-refractivity contribution in [2.45, 2.75) is 19.9 Å². The van der Waals surface area contributed by atoms with Gasteiger partial charge in [-0.15, -0.1) is 0 Å². The Morgan fingerprint density at radius 3 is 3.00 bits per heavy atom. The molecule has 2 aromatic rings. The number of benzene rings is 1. The maximum Gasteiger partial charge on any atom is 0.201 e. The third-order valence-corrected chi connectivity index (χ3v) is 3.36. The molecule has 86 valence electrons. The number of fused-ring (bicyclic) bond motifs is 1. The summed E-state index contributed by atoms with van der Waals surface area (Å²) in [7, 11) is 0. The Morgan fingerprint density at radius 2 is 2.25 bits per heavy atom. The molecule has 0 aliphatic carbocycles. The van der Waals surface area contributed by atoms with E-state index in [0.717, 1.165) is 29.8 Å². The minimum Gasteiger partial charge on any atom is -0.369 e. The van der Waals surface area contributed by atoms with Gasteiger partial charge in [0.2, 0.25) is 5.95 Å². The summed E-state index contributed by atoms with van der Waals surface area (Å²) < 4.78 is 2.11. The van der Waals surface area contributed by atoms with Crippen molar-refractivity contribution in [2.75, 3.05) is 17.7 Å².